The Kier molecular flexibility index (Phi) is 4.20. The molecule has 0 unspecified atom stereocenters. The van der Waals surface area contributed by atoms with E-state index in [1.54, 1.807) is 0 Å². The lowest BCUT2D eigenvalue weighted by Gasteiger charge is -2.10. The smallest absolute Gasteiger partial charge is 0.321 e. The molecule has 110 valence electrons. The van der Waals surface area contributed by atoms with Gasteiger partial charge in [0.15, 0.2) is 6.73 Å². The first-order chi connectivity index (χ1) is 10.8. The van der Waals surface area contributed by atoms with Crippen LogP contribution in [0.2, 0.25) is 0 Å². The number of fused-ring (bicyclic) bond motifs is 1. The minimum absolute atomic E-state index is 0.115. The molecule has 0 aliphatic rings. The maximum atomic E-state index is 11.8. The molecule has 0 atom stereocenters. The molecule has 0 spiro atoms. The largest absolute Gasteiger partial charge is 0.473 e. The third-order valence-electron chi connectivity index (χ3n) is 3.22. The van der Waals surface area contributed by atoms with E-state index in [0.717, 1.165) is 16.5 Å². The second-order valence-corrected chi connectivity index (χ2v) is 4.79. The summed E-state index contributed by atoms with van der Waals surface area (Å²) in [7, 11) is 0. The number of carbonyl (C=O) groups excluding carboxylic acids is 1. The zero-order valence-electron chi connectivity index (χ0n) is 12.0. The van der Waals surface area contributed by atoms with E-state index >= 15 is 0 Å². The fraction of sp³-hybridized carbons (Fsp3) is 0.0556. The van der Waals surface area contributed by atoms with Crippen molar-refractivity contribution >= 4 is 22.5 Å². The zero-order chi connectivity index (χ0) is 15.2. The molecule has 3 aromatic rings. The fourth-order valence-corrected chi connectivity index (χ4v) is 2.14. The van der Waals surface area contributed by atoms with E-state index in [2.05, 4.69) is 10.6 Å². The summed E-state index contributed by atoms with van der Waals surface area (Å²) < 4.78 is 5.41. The Balaban J connectivity index is 1.54. The van der Waals surface area contributed by atoms with Crippen LogP contribution in [0.4, 0.5) is 10.5 Å². The molecule has 0 aromatic heterocycles. The van der Waals surface area contributed by atoms with Crippen LogP contribution >= 0.6 is 0 Å². The number of carbonyl (C=O) groups is 1. The van der Waals surface area contributed by atoms with Gasteiger partial charge in [0, 0.05) is 5.69 Å². The first-order valence-corrected chi connectivity index (χ1v) is 7.03. The number of rotatable bonds is 4. The maximum Gasteiger partial charge on any atom is 0.321 e. The van der Waals surface area contributed by atoms with Crippen LogP contribution in [0.5, 0.6) is 5.75 Å². The van der Waals surface area contributed by atoms with Crippen LogP contribution in [0.15, 0.2) is 72.8 Å². The Morgan fingerprint density at radius 2 is 1.59 bits per heavy atom. The number of hydrogen-bond acceptors (Lipinski definition) is 2. The van der Waals surface area contributed by atoms with Crippen LogP contribution in [0.1, 0.15) is 0 Å². The van der Waals surface area contributed by atoms with Gasteiger partial charge in [-0.3, -0.25) is 0 Å². The second-order valence-electron chi connectivity index (χ2n) is 4.79. The third-order valence-corrected chi connectivity index (χ3v) is 3.22. The Morgan fingerprint density at radius 1 is 0.864 bits per heavy atom. The molecule has 0 saturated carbocycles. The highest BCUT2D eigenvalue weighted by atomic mass is 16.5. The SMILES string of the molecule is O=C(NCOc1ccccc1)Nc1ccc2ccccc2c1. The molecule has 3 rings (SSSR count). The van der Waals surface area contributed by atoms with Gasteiger partial charge >= 0.3 is 6.03 Å². The first kappa shape index (κ1) is 13.9. The lowest BCUT2D eigenvalue weighted by molar-refractivity contribution is 0.234. The normalized spacial score (nSPS) is 10.2. The molecule has 4 nitrogen and oxygen atoms in total. The topological polar surface area (TPSA) is 50.4 Å². The molecule has 0 aliphatic heterocycles. The predicted octanol–water partition coefficient (Wildman–Crippen LogP) is 4.00. The summed E-state index contributed by atoms with van der Waals surface area (Å²) in [5.74, 6) is 0.716. The molecule has 0 bridgehead atoms. The van der Waals surface area contributed by atoms with E-state index in [0.29, 0.717) is 5.75 Å². The van der Waals surface area contributed by atoms with Gasteiger partial charge in [0.2, 0.25) is 0 Å². The van der Waals surface area contributed by atoms with Gasteiger partial charge in [-0.1, -0.05) is 48.5 Å². The molecule has 0 saturated heterocycles. The Labute approximate surface area is 128 Å². The van der Waals surface area contributed by atoms with E-state index < -0.39 is 0 Å². The van der Waals surface area contributed by atoms with Crippen LogP contribution in [-0.4, -0.2) is 12.8 Å². The average molecular weight is 292 g/mol. The number of para-hydroxylation sites is 1. The van der Waals surface area contributed by atoms with Gasteiger partial charge in [0.1, 0.15) is 5.75 Å². The molecular weight excluding hydrogens is 276 g/mol. The number of urea groups is 1. The number of amides is 2. The number of anilines is 1. The summed E-state index contributed by atoms with van der Waals surface area (Å²) in [5.41, 5.74) is 0.746. The molecule has 0 fully saturated rings. The molecule has 2 N–H and O–H groups in total. The summed E-state index contributed by atoms with van der Waals surface area (Å²) in [6, 6.07) is 22.8. The van der Waals surface area contributed by atoms with E-state index in [1.807, 2.05) is 72.8 Å². The fourth-order valence-electron chi connectivity index (χ4n) is 2.14. The van der Waals surface area contributed by atoms with E-state index in [4.69, 9.17) is 4.74 Å². The average Bonchev–Trinajstić information content (AvgIpc) is 2.56. The van der Waals surface area contributed by atoms with Crippen molar-refractivity contribution in [3.8, 4) is 5.75 Å². The Hall–Kier alpha value is -3.01. The van der Waals surface area contributed by atoms with Crippen LogP contribution in [0.25, 0.3) is 10.8 Å². The maximum absolute atomic E-state index is 11.8. The quantitative estimate of drug-likeness (QED) is 0.714. The minimum atomic E-state index is -0.300. The van der Waals surface area contributed by atoms with Gasteiger partial charge in [-0.25, -0.2) is 4.79 Å². The molecule has 0 aliphatic carbocycles. The minimum Gasteiger partial charge on any atom is -0.473 e. The van der Waals surface area contributed by atoms with Gasteiger partial charge in [0.25, 0.3) is 0 Å². The van der Waals surface area contributed by atoms with Crippen molar-refractivity contribution in [3.05, 3.63) is 72.8 Å². The highest BCUT2D eigenvalue weighted by molar-refractivity contribution is 5.93. The summed E-state index contributed by atoms with van der Waals surface area (Å²) in [6.45, 7) is 0.115. The summed E-state index contributed by atoms with van der Waals surface area (Å²) in [4.78, 5) is 11.8. The van der Waals surface area contributed by atoms with Crippen molar-refractivity contribution in [2.75, 3.05) is 12.0 Å². The number of ether oxygens (including phenoxy) is 1. The zero-order valence-corrected chi connectivity index (χ0v) is 12.0. The molecule has 3 aromatic carbocycles. The van der Waals surface area contributed by atoms with Crippen molar-refractivity contribution in [2.24, 2.45) is 0 Å². The van der Waals surface area contributed by atoms with Gasteiger partial charge < -0.3 is 15.4 Å². The molecule has 2 amide bonds. The van der Waals surface area contributed by atoms with E-state index in [1.165, 1.54) is 0 Å². The van der Waals surface area contributed by atoms with Crippen molar-refractivity contribution in [1.29, 1.82) is 0 Å². The molecule has 4 heteroatoms. The predicted molar refractivity (Wildman–Crippen MR) is 88.0 cm³/mol. The van der Waals surface area contributed by atoms with Crippen LogP contribution in [0, 0.1) is 0 Å². The highest BCUT2D eigenvalue weighted by Gasteiger charge is 2.02. The van der Waals surface area contributed by atoms with Crippen LogP contribution < -0.4 is 15.4 Å². The number of hydrogen-bond donors (Lipinski definition) is 2. The second kappa shape index (κ2) is 6.63. The molecular formula is C18H16N2O2. The third kappa shape index (κ3) is 3.55. The van der Waals surface area contributed by atoms with Gasteiger partial charge in [-0.2, -0.15) is 0 Å². The van der Waals surface area contributed by atoms with Crippen LogP contribution in [-0.2, 0) is 0 Å². The van der Waals surface area contributed by atoms with Crippen molar-refractivity contribution in [1.82, 2.24) is 5.32 Å². The highest BCUT2D eigenvalue weighted by Crippen LogP contribution is 2.18. The Bertz CT molecular complexity index is 772. The van der Waals surface area contributed by atoms with Crippen molar-refractivity contribution in [2.45, 2.75) is 0 Å². The van der Waals surface area contributed by atoms with Gasteiger partial charge in [0.05, 0.1) is 0 Å². The summed E-state index contributed by atoms with van der Waals surface area (Å²) in [5, 5.41) is 7.67. The molecule has 0 radical (unpaired) electrons. The monoisotopic (exact) mass is 292 g/mol. The van der Waals surface area contributed by atoms with Crippen LogP contribution in [0.3, 0.4) is 0 Å². The van der Waals surface area contributed by atoms with Crippen molar-refractivity contribution < 1.29 is 9.53 Å². The standard InChI is InChI=1S/C18H16N2O2/c21-18(19-13-22-17-8-2-1-3-9-17)20-16-11-10-14-6-4-5-7-15(14)12-16/h1-12H,13H2,(H2,19,20,21). The van der Waals surface area contributed by atoms with Crippen molar-refractivity contribution in [3.63, 3.8) is 0 Å². The molecule has 22 heavy (non-hydrogen) atoms. The van der Waals surface area contributed by atoms with E-state index in [-0.39, 0.29) is 12.8 Å². The first-order valence-electron chi connectivity index (χ1n) is 7.03. The van der Waals surface area contributed by atoms with E-state index in [9.17, 15) is 4.79 Å². The number of benzene rings is 3. The summed E-state index contributed by atoms with van der Waals surface area (Å²) >= 11 is 0. The lowest BCUT2D eigenvalue weighted by atomic mass is 10.1. The Morgan fingerprint density at radius 3 is 2.41 bits per heavy atom. The lowest BCUT2D eigenvalue weighted by Crippen LogP contribution is -2.31. The number of nitrogens with one attached hydrogen (secondary N) is 2. The van der Waals surface area contributed by atoms with Gasteiger partial charge in [-0.05, 0) is 35.0 Å². The summed E-state index contributed by atoms with van der Waals surface area (Å²) in [6.07, 6.45) is 0. The molecule has 0 heterocycles. The van der Waals surface area contributed by atoms with Gasteiger partial charge in [-0.15, -0.1) is 0 Å².